The summed E-state index contributed by atoms with van der Waals surface area (Å²) in [5.41, 5.74) is 0.915. The maximum atomic E-state index is 11.6. The first kappa shape index (κ1) is 12.8. The molecule has 1 aromatic rings. The topological polar surface area (TPSA) is 75.6 Å². The van der Waals surface area contributed by atoms with Gasteiger partial charge >= 0.3 is 0 Å². The number of rotatable bonds is 5. The second kappa shape index (κ2) is 5.18. The first-order chi connectivity index (χ1) is 7.43. The fourth-order valence-corrected chi connectivity index (χ4v) is 2.71. The van der Waals surface area contributed by atoms with Gasteiger partial charge in [-0.3, -0.25) is 0 Å². The third kappa shape index (κ3) is 4.08. The smallest absolute Gasteiger partial charge is 0.212 e. The van der Waals surface area contributed by atoms with E-state index >= 15 is 0 Å². The molecule has 0 aliphatic carbocycles. The van der Waals surface area contributed by atoms with Gasteiger partial charge in [-0.15, -0.1) is 4.91 Å². The minimum Gasteiger partial charge on any atom is -0.212 e. The van der Waals surface area contributed by atoms with Crippen LogP contribution < -0.4 is 4.72 Å². The molecule has 0 amide bonds. The van der Waals surface area contributed by atoms with Crippen LogP contribution in [0.1, 0.15) is 19.4 Å². The molecule has 5 nitrogen and oxygen atoms in total. The Balaban J connectivity index is 2.76. The summed E-state index contributed by atoms with van der Waals surface area (Å²) in [5.74, 6) is -0.0929. The Kier molecular flexibility index (Phi) is 4.14. The quantitative estimate of drug-likeness (QED) is 0.801. The molecule has 0 heterocycles. The van der Waals surface area contributed by atoms with Gasteiger partial charge < -0.3 is 0 Å². The van der Waals surface area contributed by atoms with Crippen LogP contribution in [-0.4, -0.2) is 14.5 Å². The predicted octanol–water partition coefficient (Wildman–Crippen LogP) is 1.91. The number of nitrogens with zero attached hydrogens (tertiary/aromatic N) is 1. The van der Waals surface area contributed by atoms with Gasteiger partial charge in [0.1, 0.15) is 5.69 Å². The molecule has 0 atom stereocenters. The second-order valence-electron chi connectivity index (χ2n) is 3.79. The van der Waals surface area contributed by atoms with Gasteiger partial charge in [0, 0.05) is 6.04 Å². The van der Waals surface area contributed by atoms with E-state index in [0.29, 0.717) is 5.56 Å². The lowest BCUT2D eigenvalue weighted by Gasteiger charge is -2.09. The van der Waals surface area contributed by atoms with Crippen LogP contribution in [0.5, 0.6) is 0 Å². The highest BCUT2D eigenvalue weighted by Crippen LogP contribution is 2.13. The van der Waals surface area contributed by atoms with E-state index in [1.165, 1.54) is 12.1 Å². The number of nitroso groups, excluding NO2 is 1. The third-order valence-corrected chi connectivity index (χ3v) is 3.36. The molecule has 88 valence electrons. The Morgan fingerprint density at radius 1 is 1.25 bits per heavy atom. The third-order valence-electron chi connectivity index (χ3n) is 1.81. The largest absolute Gasteiger partial charge is 0.216 e. The molecule has 0 bridgehead atoms. The number of benzene rings is 1. The average molecular weight is 242 g/mol. The molecule has 1 rings (SSSR count). The van der Waals surface area contributed by atoms with Crippen molar-refractivity contribution in [3.8, 4) is 0 Å². The van der Waals surface area contributed by atoms with Crippen LogP contribution in [0, 0.1) is 4.91 Å². The van der Waals surface area contributed by atoms with Crippen LogP contribution in [-0.2, 0) is 15.8 Å². The highest BCUT2D eigenvalue weighted by Gasteiger charge is 2.12. The van der Waals surface area contributed by atoms with Crippen LogP contribution in [0.3, 0.4) is 0 Å². The minimum atomic E-state index is -3.31. The molecular formula is C10H14N2O3S. The monoisotopic (exact) mass is 242 g/mol. The molecular weight excluding hydrogens is 228 g/mol. The van der Waals surface area contributed by atoms with Crippen LogP contribution in [0.25, 0.3) is 0 Å². The lowest BCUT2D eigenvalue weighted by molar-refractivity contribution is 0.569. The highest BCUT2D eigenvalue weighted by atomic mass is 32.2. The molecule has 0 aliphatic rings. The number of sulfonamides is 1. The number of hydrogen-bond donors (Lipinski definition) is 1. The lowest BCUT2D eigenvalue weighted by atomic mass is 10.2. The summed E-state index contributed by atoms with van der Waals surface area (Å²) >= 11 is 0. The highest BCUT2D eigenvalue weighted by molar-refractivity contribution is 7.88. The maximum absolute atomic E-state index is 11.6. The molecule has 0 unspecified atom stereocenters. The van der Waals surface area contributed by atoms with Gasteiger partial charge in [-0.05, 0) is 36.7 Å². The zero-order valence-electron chi connectivity index (χ0n) is 9.17. The first-order valence-electron chi connectivity index (χ1n) is 4.85. The van der Waals surface area contributed by atoms with Crippen LogP contribution in [0.15, 0.2) is 29.4 Å². The molecule has 0 spiro atoms. The summed E-state index contributed by atoms with van der Waals surface area (Å²) in [6.07, 6.45) is 0. The Hall–Kier alpha value is -1.27. The summed E-state index contributed by atoms with van der Waals surface area (Å²) in [7, 11) is -3.31. The van der Waals surface area contributed by atoms with Crippen molar-refractivity contribution in [1.29, 1.82) is 0 Å². The van der Waals surface area contributed by atoms with E-state index in [0.717, 1.165) is 0 Å². The molecule has 6 heteroatoms. The molecule has 1 N–H and O–H groups in total. The van der Waals surface area contributed by atoms with Gasteiger partial charge in [0.15, 0.2) is 0 Å². The summed E-state index contributed by atoms with van der Waals surface area (Å²) in [5, 5.41) is 2.74. The van der Waals surface area contributed by atoms with Crippen LogP contribution in [0.4, 0.5) is 5.69 Å². The van der Waals surface area contributed by atoms with Gasteiger partial charge in [-0.2, -0.15) is 0 Å². The minimum absolute atomic E-state index is 0.0929. The molecule has 0 fully saturated rings. The number of nitrogens with one attached hydrogen (secondary N) is 1. The first-order valence-corrected chi connectivity index (χ1v) is 6.50. The van der Waals surface area contributed by atoms with Crippen molar-refractivity contribution in [2.45, 2.75) is 25.6 Å². The molecule has 0 aliphatic heterocycles. The van der Waals surface area contributed by atoms with Gasteiger partial charge in [-0.1, -0.05) is 12.1 Å². The summed E-state index contributed by atoms with van der Waals surface area (Å²) in [6, 6.07) is 6.02. The molecule has 0 saturated heterocycles. The van der Waals surface area contributed by atoms with E-state index in [9.17, 15) is 13.3 Å². The lowest BCUT2D eigenvalue weighted by Crippen LogP contribution is -2.31. The molecule has 16 heavy (non-hydrogen) atoms. The Morgan fingerprint density at radius 2 is 1.81 bits per heavy atom. The maximum Gasteiger partial charge on any atom is 0.216 e. The predicted molar refractivity (Wildman–Crippen MR) is 62.8 cm³/mol. The van der Waals surface area contributed by atoms with E-state index in [2.05, 4.69) is 9.90 Å². The summed E-state index contributed by atoms with van der Waals surface area (Å²) in [4.78, 5) is 10.2. The van der Waals surface area contributed by atoms with Crippen molar-refractivity contribution in [3.05, 3.63) is 34.7 Å². The van der Waals surface area contributed by atoms with E-state index in [1.54, 1.807) is 26.0 Å². The molecule has 1 aromatic carbocycles. The number of hydrogen-bond acceptors (Lipinski definition) is 4. The van der Waals surface area contributed by atoms with Gasteiger partial charge in [0.05, 0.1) is 5.75 Å². The van der Waals surface area contributed by atoms with E-state index < -0.39 is 10.0 Å². The normalized spacial score (nSPS) is 11.7. The second-order valence-corrected chi connectivity index (χ2v) is 5.54. The van der Waals surface area contributed by atoms with Crippen molar-refractivity contribution in [2.24, 2.45) is 5.18 Å². The SMILES string of the molecule is CC(C)NS(=O)(=O)Cc1ccc(N=O)cc1. The molecule has 0 aromatic heterocycles. The fourth-order valence-electron chi connectivity index (χ4n) is 1.27. The van der Waals surface area contributed by atoms with Gasteiger partial charge in [0.2, 0.25) is 10.0 Å². The molecule has 0 radical (unpaired) electrons. The van der Waals surface area contributed by atoms with Crippen molar-refractivity contribution in [1.82, 2.24) is 4.72 Å². The van der Waals surface area contributed by atoms with E-state index in [-0.39, 0.29) is 17.5 Å². The Labute approximate surface area is 94.9 Å². The Morgan fingerprint density at radius 3 is 2.25 bits per heavy atom. The standard InChI is InChI=1S/C10H14N2O3S/c1-8(2)12-16(14,15)7-9-3-5-10(11-13)6-4-9/h3-6,8,12H,7H2,1-2H3. The van der Waals surface area contributed by atoms with E-state index in [4.69, 9.17) is 0 Å². The van der Waals surface area contributed by atoms with Crippen molar-refractivity contribution in [2.75, 3.05) is 0 Å². The van der Waals surface area contributed by atoms with Crippen LogP contribution >= 0.6 is 0 Å². The van der Waals surface area contributed by atoms with Crippen molar-refractivity contribution >= 4 is 15.7 Å². The zero-order chi connectivity index (χ0) is 12.2. The van der Waals surface area contributed by atoms with Gasteiger partial charge in [0.25, 0.3) is 0 Å². The Bertz CT molecular complexity index is 451. The summed E-state index contributed by atoms with van der Waals surface area (Å²) < 4.78 is 25.6. The van der Waals surface area contributed by atoms with Gasteiger partial charge in [-0.25, -0.2) is 13.1 Å². The van der Waals surface area contributed by atoms with Crippen molar-refractivity contribution in [3.63, 3.8) is 0 Å². The fraction of sp³-hybridized carbons (Fsp3) is 0.400. The van der Waals surface area contributed by atoms with E-state index in [1.807, 2.05) is 0 Å². The molecule has 0 saturated carbocycles. The van der Waals surface area contributed by atoms with Crippen LogP contribution in [0.2, 0.25) is 0 Å². The average Bonchev–Trinajstić information content (AvgIpc) is 2.16. The summed E-state index contributed by atoms with van der Waals surface area (Å²) in [6.45, 7) is 3.52. The zero-order valence-corrected chi connectivity index (χ0v) is 9.99. The van der Waals surface area contributed by atoms with Crippen molar-refractivity contribution < 1.29 is 8.42 Å².